The van der Waals surface area contributed by atoms with E-state index in [1.807, 2.05) is 0 Å². The molecule has 0 aromatic heterocycles. The minimum atomic E-state index is -1.53. The molecule has 0 aliphatic carbocycles. The maximum Gasteiger partial charge on any atom is 3.00 e. The third-order valence-corrected chi connectivity index (χ3v) is 6.43. The van der Waals surface area contributed by atoms with Crippen LogP contribution in [-0.4, -0.2) is 219 Å². The van der Waals surface area contributed by atoms with E-state index < -0.39 is 150 Å². The van der Waals surface area contributed by atoms with Gasteiger partial charge in [0.2, 0.25) is 0 Å². The van der Waals surface area contributed by atoms with Gasteiger partial charge in [-0.2, -0.15) is 0 Å². The van der Waals surface area contributed by atoms with Crippen molar-refractivity contribution >= 4 is 71.6 Å². The van der Waals surface area contributed by atoms with Crippen molar-refractivity contribution in [3.63, 3.8) is 0 Å². The Bertz CT molecular complexity index is 1140. The average Bonchev–Trinajstić information content (AvgIpc) is 3.02. The summed E-state index contributed by atoms with van der Waals surface area (Å²) >= 11 is 0. The molecule has 0 saturated heterocycles. The smallest absolute Gasteiger partial charge is 0.549 e. The van der Waals surface area contributed by atoms with Gasteiger partial charge in [0.05, 0.1) is 71.6 Å². The van der Waals surface area contributed by atoms with Gasteiger partial charge in [-0.15, -0.1) is 0 Å². The fraction of sp³-hybridized carbons (Fsp3) is 0.600. The summed E-state index contributed by atoms with van der Waals surface area (Å²) in [5.41, 5.74) is 0. The maximum atomic E-state index is 10.4. The van der Waals surface area contributed by atoms with Crippen LogP contribution in [0.3, 0.4) is 0 Å². The van der Waals surface area contributed by atoms with Crippen LogP contribution in [0.2, 0.25) is 0 Å². The minimum absolute atomic E-state index is 0. The van der Waals surface area contributed by atoms with Gasteiger partial charge in [0.25, 0.3) is 0 Å². The van der Waals surface area contributed by atoms with Crippen molar-refractivity contribution in [2.24, 2.45) is 0 Å². The number of hydrogen-bond donors (Lipinski definition) is 0. The predicted molar refractivity (Wildman–Crippen MR) is 159 cm³/mol. The Morgan fingerprint density at radius 3 is 0.297 bits per heavy atom. The second kappa shape index (κ2) is 45.6. The molecule has 0 N–H and O–H groups in total. The summed E-state index contributed by atoms with van der Waals surface area (Å²) in [5, 5.41) is 125. The molecular weight excluding hydrogens is 1390 g/mol. The Morgan fingerprint density at radius 1 is 0.188 bits per heavy atom. The summed E-state index contributed by atoms with van der Waals surface area (Å²) in [7, 11) is 0. The molecule has 0 rings (SSSR count). The molecule has 0 fully saturated rings. The van der Waals surface area contributed by atoms with Gasteiger partial charge in [-0.1, -0.05) is 0 Å². The van der Waals surface area contributed by atoms with Crippen LogP contribution in [0.4, 0.5) is 0 Å². The number of aliphatic carboxylic acids is 12. The Hall–Kier alpha value is -1.15. The summed E-state index contributed by atoms with van der Waals surface area (Å²) in [6, 6.07) is 0. The average molecular weight is 1430 g/mol. The van der Waals surface area contributed by atoms with Crippen LogP contribution in [0.25, 0.3) is 0 Å². The largest absolute Gasteiger partial charge is 3.00 e. The van der Waals surface area contributed by atoms with Crippen LogP contribution in [0.1, 0.15) is 0 Å². The van der Waals surface area contributed by atoms with Crippen molar-refractivity contribution < 1.29 is 284 Å². The topological polar surface area (TPSA) is 501 Å². The Labute approximate surface area is 495 Å². The van der Waals surface area contributed by atoms with E-state index in [9.17, 15) is 119 Å². The third kappa shape index (κ3) is 57.0. The van der Waals surface area contributed by atoms with E-state index in [-0.39, 0.29) is 204 Å². The minimum Gasteiger partial charge on any atom is -0.549 e. The Kier molecular flexibility index (Phi) is 55.0. The number of carboxylic acid groups (broad SMARTS) is 12. The zero-order valence-corrected chi connectivity index (χ0v) is 48.3. The monoisotopic (exact) mass is 1430 g/mol. The molecular formula is C30H36N6O24Pr4. The van der Waals surface area contributed by atoms with E-state index in [0.29, 0.717) is 0 Å². The molecule has 0 unspecified atom stereocenters. The first-order chi connectivity index (χ1) is 27.6. The van der Waals surface area contributed by atoms with E-state index in [0.717, 1.165) is 29.4 Å². The van der Waals surface area contributed by atoms with Crippen LogP contribution in [0.15, 0.2) is 0 Å². The van der Waals surface area contributed by atoms with Crippen molar-refractivity contribution in [3.8, 4) is 0 Å². The van der Waals surface area contributed by atoms with Crippen molar-refractivity contribution in [2.45, 2.75) is 0 Å². The molecule has 0 atom stereocenters. The van der Waals surface area contributed by atoms with Gasteiger partial charge in [0.1, 0.15) is 0 Å². The Morgan fingerprint density at radius 2 is 0.250 bits per heavy atom. The molecule has 0 aromatic carbocycles. The zero-order valence-electron chi connectivity index (χ0n) is 33.5. The molecule has 0 saturated carbocycles. The van der Waals surface area contributed by atoms with Crippen LogP contribution in [-0.2, 0) is 57.5 Å². The standard InChI is InChI=1S/3C10H16N2O8.4Pr/c3*13-7(14)3-11(4-8(15)16)1-2-12(5-9(17)18)6-10(19)20;;;;/h3*1-6H2,(H,13,14)(H,15,16)(H,17,18)(H,19,20);;;;/q;;;4*+3/p-12. The molecule has 0 spiro atoms. The fourth-order valence-corrected chi connectivity index (χ4v) is 4.32. The van der Waals surface area contributed by atoms with E-state index in [2.05, 4.69) is 0 Å². The number of hydrogen-bond acceptors (Lipinski definition) is 30. The van der Waals surface area contributed by atoms with Gasteiger partial charge in [-0.25, -0.2) is 0 Å². The number of carbonyl (C=O) groups is 12. The van der Waals surface area contributed by atoms with Crippen LogP contribution in [0, 0.1) is 165 Å². The first kappa shape index (κ1) is 77.1. The summed E-state index contributed by atoms with van der Waals surface area (Å²) < 4.78 is 0. The van der Waals surface area contributed by atoms with E-state index in [1.54, 1.807) is 0 Å². The summed E-state index contributed by atoms with van der Waals surface area (Å²) in [6.07, 6.45) is 0. The van der Waals surface area contributed by atoms with Gasteiger partial charge in [0.15, 0.2) is 0 Å². The number of carbonyl (C=O) groups excluding carboxylic acids is 12. The number of nitrogens with zero attached hydrogens (tertiary/aromatic N) is 6. The summed E-state index contributed by atoms with van der Waals surface area (Å²) in [6.45, 7) is -9.75. The molecule has 0 aromatic rings. The fourth-order valence-electron chi connectivity index (χ4n) is 4.32. The SMILES string of the molecule is O=C([O-])CN(CCN(CC(=O)[O-])CC(=O)[O-])CC(=O)[O-].O=C([O-])CN(CCN(CC(=O)[O-])CC(=O)[O-])CC(=O)[O-].O=C([O-])CN(CCN(CC(=O)[O-])CC(=O)[O-])CC(=O)[O-].[Pr+3].[Pr+3].[Pr+3].[Pr+3]. The molecule has 30 nitrogen and oxygen atoms in total. The van der Waals surface area contributed by atoms with Gasteiger partial charge in [-0.05, 0) is 0 Å². The zero-order chi connectivity index (χ0) is 47.1. The molecule has 0 heterocycles. The molecule has 0 amide bonds. The molecule has 0 bridgehead atoms. The van der Waals surface area contributed by atoms with Crippen LogP contribution >= 0.6 is 0 Å². The third-order valence-electron chi connectivity index (χ3n) is 6.43. The Balaban J connectivity index is -0.000000148. The maximum absolute atomic E-state index is 10.4. The number of carboxylic acids is 12. The van der Waals surface area contributed by atoms with E-state index in [4.69, 9.17) is 0 Å². The number of rotatable bonds is 33. The first-order valence-corrected chi connectivity index (χ1v) is 16.3. The van der Waals surface area contributed by atoms with E-state index >= 15 is 0 Å². The van der Waals surface area contributed by atoms with Crippen LogP contribution in [0.5, 0.6) is 0 Å². The normalized spacial score (nSPS) is 10.0. The van der Waals surface area contributed by atoms with Gasteiger partial charge >= 0.3 is 165 Å². The molecule has 342 valence electrons. The second-order valence-corrected chi connectivity index (χ2v) is 11.7. The quantitative estimate of drug-likeness (QED) is 0.0589. The van der Waals surface area contributed by atoms with Gasteiger partial charge in [0, 0.05) is 118 Å². The predicted octanol–water partition coefficient (Wildman–Crippen LogP) is -22.2. The molecule has 0 aliphatic heterocycles. The molecule has 34 heteroatoms. The van der Waals surface area contributed by atoms with E-state index in [1.165, 1.54) is 0 Å². The second-order valence-electron chi connectivity index (χ2n) is 11.7. The first-order valence-electron chi connectivity index (χ1n) is 16.3. The molecule has 64 heavy (non-hydrogen) atoms. The molecule has 0 aliphatic rings. The van der Waals surface area contributed by atoms with Crippen molar-refractivity contribution in [1.82, 2.24) is 29.4 Å². The summed E-state index contributed by atoms with van der Waals surface area (Å²) in [4.78, 5) is 130. The van der Waals surface area contributed by atoms with Crippen LogP contribution < -0.4 is 61.3 Å². The van der Waals surface area contributed by atoms with Gasteiger partial charge < -0.3 is 119 Å². The summed E-state index contributed by atoms with van der Waals surface area (Å²) in [5.74, 6) is -18.4. The van der Waals surface area contributed by atoms with Gasteiger partial charge in [-0.3, -0.25) is 29.4 Å². The van der Waals surface area contributed by atoms with Crippen molar-refractivity contribution in [2.75, 3.05) is 118 Å². The molecule has 0 radical (unpaired) electrons. The van der Waals surface area contributed by atoms with Crippen molar-refractivity contribution in [3.05, 3.63) is 0 Å². The van der Waals surface area contributed by atoms with Crippen molar-refractivity contribution in [1.29, 1.82) is 0 Å².